The minimum absolute atomic E-state index is 0.381. The Morgan fingerprint density at radius 1 is 1.33 bits per heavy atom. The summed E-state index contributed by atoms with van der Waals surface area (Å²) in [6.07, 6.45) is 3.52. The third kappa shape index (κ3) is 4.20. The zero-order valence-electron chi connectivity index (χ0n) is 13.2. The molecule has 21 heavy (non-hydrogen) atoms. The van der Waals surface area contributed by atoms with E-state index in [-0.39, 0.29) is 0 Å². The maximum absolute atomic E-state index is 12.0. The molecular weight excluding hydrogens is 284 g/mol. The fourth-order valence-electron chi connectivity index (χ4n) is 2.91. The fourth-order valence-corrected chi connectivity index (χ4v) is 3.80. The number of benzene rings is 1. The zero-order chi connectivity index (χ0) is 15.5. The second kappa shape index (κ2) is 6.79. The van der Waals surface area contributed by atoms with Gasteiger partial charge in [0.1, 0.15) is 0 Å². The molecule has 5 heteroatoms. The van der Waals surface area contributed by atoms with Gasteiger partial charge in [0.15, 0.2) is 9.84 Å². The van der Waals surface area contributed by atoms with Crippen LogP contribution in [0.15, 0.2) is 29.2 Å². The van der Waals surface area contributed by atoms with Gasteiger partial charge in [-0.15, -0.1) is 0 Å². The summed E-state index contributed by atoms with van der Waals surface area (Å²) in [5.41, 5.74) is 0.855. The van der Waals surface area contributed by atoms with Crippen molar-refractivity contribution >= 4 is 15.5 Å². The Balaban J connectivity index is 2.17. The molecule has 1 aromatic rings. The van der Waals surface area contributed by atoms with E-state index >= 15 is 0 Å². The molecule has 0 spiro atoms. The summed E-state index contributed by atoms with van der Waals surface area (Å²) in [6, 6.07) is 7.73. The largest absolute Gasteiger partial charge is 0.366 e. The average Bonchev–Trinajstić information content (AvgIpc) is 2.85. The van der Waals surface area contributed by atoms with Gasteiger partial charge in [0.05, 0.1) is 10.6 Å². The molecule has 4 nitrogen and oxygen atoms in total. The maximum Gasteiger partial charge on any atom is 0.177 e. The molecule has 2 rings (SSSR count). The molecule has 1 aliphatic heterocycles. The topological polar surface area (TPSA) is 49.4 Å². The van der Waals surface area contributed by atoms with Crippen LogP contribution in [0.4, 0.5) is 5.69 Å². The smallest absolute Gasteiger partial charge is 0.177 e. The molecule has 1 N–H and O–H groups in total. The third-order valence-corrected chi connectivity index (χ3v) is 5.03. The molecule has 0 radical (unpaired) electrons. The summed E-state index contributed by atoms with van der Waals surface area (Å²) in [6.45, 7) is 7.23. The van der Waals surface area contributed by atoms with Crippen LogP contribution in [0.5, 0.6) is 0 Å². The van der Waals surface area contributed by atoms with Crippen LogP contribution in [0.25, 0.3) is 0 Å². The second-order valence-electron chi connectivity index (χ2n) is 6.28. The molecule has 0 aromatic heterocycles. The van der Waals surface area contributed by atoms with E-state index in [1.54, 1.807) is 12.1 Å². The number of para-hydroxylation sites is 1. The zero-order valence-corrected chi connectivity index (χ0v) is 14.0. The van der Waals surface area contributed by atoms with Crippen LogP contribution in [-0.4, -0.2) is 40.3 Å². The first kappa shape index (κ1) is 16.3. The Morgan fingerprint density at radius 2 is 2.05 bits per heavy atom. The van der Waals surface area contributed by atoms with Crippen molar-refractivity contribution in [3.8, 4) is 0 Å². The predicted octanol–water partition coefficient (Wildman–Crippen LogP) is 2.30. The van der Waals surface area contributed by atoms with Crippen LogP contribution in [-0.2, 0) is 9.84 Å². The van der Waals surface area contributed by atoms with Crippen LogP contribution >= 0.6 is 0 Å². The molecule has 1 atom stereocenters. The molecule has 0 saturated carbocycles. The first-order chi connectivity index (χ1) is 9.89. The number of hydrogen-bond donors (Lipinski definition) is 1. The van der Waals surface area contributed by atoms with Gasteiger partial charge in [-0.1, -0.05) is 26.0 Å². The van der Waals surface area contributed by atoms with Gasteiger partial charge in [0.25, 0.3) is 0 Å². The van der Waals surface area contributed by atoms with Gasteiger partial charge in [0.2, 0.25) is 0 Å². The molecule has 1 fully saturated rings. The lowest BCUT2D eigenvalue weighted by Gasteiger charge is -2.29. The molecule has 1 heterocycles. The molecule has 0 bridgehead atoms. The van der Waals surface area contributed by atoms with Crippen molar-refractivity contribution in [3.63, 3.8) is 0 Å². The van der Waals surface area contributed by atoms with Crippen LogP contribution in [0.2, 0.25) is 0 Å². The molecule has 0 aliphatic carbocycles. The summed E-state index contributed by atoms with van der Waals surface area (Å²) in [4.78, 5) is 2.70. The van der Waals surface area contributed by atoms with Gasteiger partial charge in [-0.2, -0.15) is 0 Å². The Bertz CT molecular complexity index is 569. The van der Waals surface area contributed by atoms with Gasteiger partial charge < -0.3 is 10.2 Å². The van der Waals surface area contributed by atoms with E-state index in [1.165, 1.54) is 6.26 Å². The summed E-state index contributed by atoms with van der Waals surface area (Å²) in [7, 11) is -3.19. The first-order valence-corrected chi connectivity index (χ1v) is 9.55. The maximum atomic E-state index is 12.0. The predicted molar refractivity (Wildman–Crippen MR) is 87.6 cm³/mol. The normalized spacial score (nSPS) is 19.4. The van der Waals surface area contributed by atoms with E-state index in [2.05, 4.69) is 24.1 Å². The monoisotopic (exact) mass is 310 g/mol. The second-order valence-corrected chi connectivity index (χ2v) is 8.27. The average molecular weight is 310 g/mol. The van der Waals surface area contributed by atoms with E-state index in [4.69, 9.17) is 0 Å². The molecule has 1 saturated heterocycles. The van der Waals surface area contributed by atoms with Gasteiger partial charge in [-0.05, 0) is 37.4 Å². The Morgan fingerprint density at radius 3 is 2.71 bits per heavy atom. The van der Waals surface area contributed by atoms with Crippen molar-refractivity contribution in [2.45, 2.75) is 37.6 Å². The minimum atomic E-state index is -3.19. The quantitative estimate of drug-likeness (QED) is 0.876. The van der Waals surface area contributed by atoms with Gasteiger partial charge in [-0.3, -0.25) is 0 Å². The first-order valence-electron chi connectivity index (χ1n) is 7.66. The van der Waals surface area contributed by atoms with Gasteiger partial charge in [0, 0.05) is 25.4 Å². The van der Waals surface area contributed by atoms with Crippen LogP contribution in [0.3, 0.4) is 0 Å². The molecule has 118 valence electrons. The SMILES string of the molecule is CC(C)CNCC1CCCN1c1ccccc1S(C)(=O)=O. The highest BCUT2D eigenvalue weighted by atomic mass is 32.2. The van der Waals surface area contributed by atoms with Crippen molar-refractivity contribution < 1.29 is 8.42 Å². The third-order valence-electron chi connectivity index (χ3n) is 3.88. The molecule has 1 unspecified atom stereocenters. The van der Waals surface area contributed by atoms with E-state index < -0.39 is 9.84 Å². The fraction of sp³-hybridized carbons (Fsp3) is 0.625. The van der Waals surface area contributed by atoms with E-state index in [9.17, 15) is 8.42 Å². The number of sulfone groups is 1. The lowest BCUT2D eigenvalue weighted by atomic mass is 10.2. The van der Waals surface area contributed by atoms with Gasteiger partial charge >= 0.3 is 0 Å². The molecule has 0 amide bonds. The van der Waals surface area contributed by atoms with Crippen molar-refractivity contribution in [1.29, 1.82) is 0 Å². The number of nitrogens with zero attached hydrogens (tertiary/aromatic N) is 1. The Hall–Kier alpha value is -1.07. The highest BCUT2D eigenvalue weighted by Crippen LogP contribution is 2.31. The van der Waals surface area contributed by atoms with Crippen LogP contribution in [0, 0.1) is 5.92 Å². The highest BCUT2D eigenvalue weighted by molar-refractivity contribution is 7.90. The Labute approximate surface area is 128 Å². The van der Waals surface area contributed by atoms with Crippen LogP contribution < -0.4 is 10.2 Å². The van der Waals surface area contributed by atoms with E-state index in [0.717, 1.165) is 38.2 Å². The highest BCUT2D eigenvalue weighted by Gasteiger charge is 2.27. The van der Waals surface area contributed by atoms with Crippen molar-refractivity contribution in [3.05, 3.63) is 24.3 Å². The summed E-state index contributed by atoms with van der Waals surface area (Å²) in [5.74, 6) is 0.628. The summed E-state index contributed by atoms with van der Waals surface area (Å²) < 4.78 is 24.0. The van der Waals surface area contributed by atoms with E-state index in [1.807, 2.05) is 12.1 Å². The van der Waals surface area contributed by atoms with Crippen molar-refractivity contribution in [2.75, 3.05) is 30.8 Å². The van der Waals surface area contributed by atoms with Crippen molar-refractivity contribution in [1.82, 2.24) is 5.32 Å². The lowest BCUT2D eigenvalue weighted by molar-refractivity contribution is 0.511. The van der Waals surface area contributed by atoms with E-state index in [0.29, 0.717) is 16.9 Å². The number of anilines is 1. The Kier molecular flexibility index (Phi) is 5.27. The summed E-state index contributed by atoms with van der Waals surface area (Å²) >= 11 is 0. The van der Waals surface area contributed by atoms with Crippen LogP contribution in [0.1, 0.15) is 26.7 Å². The van der Waals surface area contributed by atoms with Gasteiger partial charge in [-0.25, -0.2) is 8.42 Å². The minimum Gasteiger partial charge on any atom is -0.366 e. The number of rotatable bonds is 6. The number of nitrogens with one attached hydrogen (secondary N) is 1. The molecule has 1 aromatic carbocycles. The number of hydrogen-bond acceptors (Lipinski definition) is 4. The standard InChI is InChI=1S/C16H26N2O2S/c1-13(2)11-17-12-14-7-6-10-18(14)15-8-4-5-9-16(15)21(3,19)20/h4-5,8-9,13-14,17H,6-7,10-12H2,1-3H3. The van der Waals surface area contributed by atoms with Crippen molar-refractivity contribution in [2.24, 2.45) is 5.92 Å². The molecule has 1 aliphatic rings. The molecular formula is C16H26N2O2S. The lowest BCUT2D eigenvalue weighted by Crippen LogP contribution is -2.39. The summed E-state index contributed by atoms with van der Waals surface area (Å²) in [5, 5.41) is 3.49.